The van der Waals surface area contributed by atoms with Crippen molar-refractivity contribution in [2.45, 2.75) is 38.5 Å². The first kappa shape index (κ1) is 15.3. The molecule has 1 amide bonds. The minimum Gasteiger partial charge on any atom is -0.399 e. The maximum absolute atomic E-state index is 12.1. The second-order valence-corrected chi connectivity index (χ2v) is 5.58. The Morgan fingerprint density at radius 3 is 2.71 bits per heavy atom. The number of carbonyl (C=O) groups is 1. The summed E-state index contributed by atoms with van der Waals surface area (Å²) in [5.74, 6) is 0.236. The van der Waals surface area contributed by atoms with Crippen LogP contribution in [0.3, 0.4) is 0 Å². The molecule has 0 radical (unpaired) electrons. The highest BCUT2D eigenvalue weighted by Crippen LogP contribution is 2.26. The van der Waals surface area contributed by atoms with Crippen LogP contribution >= 0.6 is 0 Å². The maximum Gasteiger partial charge on any atom is 0.282 e. The topological polar surface area (TPSA) is 98.3 Å². The molecule has 0 spiro atoms. The molecule has 0 atom stereocenters. The summed E-state index contributed by atoms with van der Waals surface area (Å²) in [4.78, 5) is 22.5. The summed E-state index contributed by atoms with van der Waals surface area (Å²) in [5, 5.41) is 13.7. The van der Waals surface area contributed by atoms with Crippen molar-refractivity contribution >= 4 is 17.3 Å². The molecule has 114 valence electrons. The molecule has 0 aromatic heterocycles. The van der Waals surface area contributed by atoms with Crippen molar-refractivity contribution < 1.29 is 9.72 Å². The van der Waals surface area contributed by atoms with Crippen LogP contribution < -0.4 is 11.1 Å². The number of carbonyl (C=O) groups excluding carboxylic acids is 1. The van der Waals surface area contributed by atoms with Gasteiger partial charge in [0, 0.05) is 18.3 Å². The third kappa shape index (κ3) is 4.18. The van der Waals surface area contributed by atoms with E-state index in [2.05, 4.69) is 5.32 Å². The second-order valence-electron chi connectivity index (χ2n) is 5.58. The van der Waals surface area contributed by atoms with Crippen LogP contribution in [0, 0.1) is 16.0 Å². The highest BCUT2D eigenvalue weighted by Gasteiger charge is 2.20. The first-order valence-corrected chi connectivity index (χ1v) is 7.40. The van der Waals surface area contributed by atoms with Crippen LogP contribution in [0.1, 0.15) is 48.9 Å². The van der Waals surface area contributed by atoms with Gasteiger partial charge in [0.25, 0.3) is 11.6 Å². The minimum absolute atomic E-state index is 0.0312. The average molecular weight is 291 g/mol. The number of nitrogen functional groups attached to an aromatic ring is 1. The van der Waals surface area contributed by atoms with Crippen molar-refractivity contribution in [3.8, 4) is 0 Å². The van der Waals surface area contributed by atoms with Gasteiger partial charge in [-0.15, -0.1) is 0 Å². The van der Waals surface area contributed by atoms with E-state index in [4.69, 9.17) is 5.73 Å². The molecule has 2 rings (SSSR count). The van der Waals surface area contributed by atoms with Crippen LogP contribution in [0.2, 0.25) is 0 Å². The fourth-order valence-corrected chi connectivity index (χ4v) is 2.86. The lowest BCUT2D eigenvalue weighted by molar-refractivity contribution is -0.385. The van der Waals surface area contributed by atoms with Crippen LogP contribution in [0.4, 0.5) is 11.4 Å². The number of amides is 1. The van der Waals surface area contributed by atoms with Gasteiger partial charge in [0.05, 0.1) is 4.92 Å². The summed E-state index contributed by atoms with van der Waals surface area (Å²) < 4.78 is 0. The number of nitrogens with zero attached hydrogens (tertiary/aromatic N) is 1. The van der Waals surface area contributed by atoms with E-state index < -0.39 is 10.8 Å². The number of anilines is 1. The smallest absolute Gasteiger partial charge is 0.282 e. The van der Waals surface area contributed by atoms with E-state index in [1.165, 1.54) is 50.3 Å². The standard InChI is InChI=1S/C15H21N3O3/c16-12-6-7-14(18(20)21)13(10-12)15(19)17-9-8-11-4-2-1-3-5-11/h6-7,10-11H,1-5,8-9,16H2,(H,17,19). The van der Waals surface area contributed by atoms with Gasteiger partial charge in [-0.05, 0) is 24.5 Å². The van der Waals surface area contributed by atoms with Crippen LogP contribution in [-0.2, 0) is 0 Å². The van der Waals surface area contributed by atoms with Gasteiger partial charge in [-0.25, -0.2) is 0 Å². The third-order valence-corrected chi connectivity index (χ3v) is 4.02. The fourth-order valence-electron chi connectivity index (χ4n) is 2.86. The molecule has 1 fully saturated rings. The number of rotatable bonds is 5. The molecule has 0 saturated heterocycles. The molecule has 0 bridgehead atoms. The monoisotopic (exact) mass is 291 g/mol. The molecule has 1 aliphatic rings. The zero-order valence-electron chi connectivity index (χ0n) is 12.0. The van der Waals surface area contributed by atoms with Crippen LogP contribution in [0.15, 0.2) is 18.2 Å². The SMILES string of the molecule is Nc1ccc([N+](=O)[O-])c(C(=O)NCCC2CCCCC2)c1. The minimum atomic E-state index is -0.560. The van der Waals surface area contributed by atoms with E-state index >= 15 is 0 Å². The first-order chi connectivity index (χ1) is 10.1. The van der Waals surface area contributed by atoms with Gasteiger partial charge in [-0.1, -0.05) is 32.1 Å². The van der Waals surface area contributed by atoms with Crippen molar-refractivity contribution in [3.05, 3.63) is 33.9 Å². The quantitative estimate of drug-likeness (QED) is 0.495. The van der Waals surface area contributed by atoms with Crippen LogP contribution in [-0.4, -0.2) is 17.4 Å². The summed E-state index contributed by atoms with van der Waals surface area (Å²) in [5.41, 5.74) is 5.78. The fraction of sp³-hybridized carbons (Fsp3) is 0.533. The number of benzene rings is 1. The van der Waals surface area contributed by atoms with Crippen molar-refractivity contribution in [2.75, 3.05) is 12.3 Å². The van der Waals surface area contributed by atoms with Gasteiger partial charge >= 0.3 is 0 Å². The van der Waals surface area contributed by atoms with E-state index in [9.17, 15) is 14.9 Å². The zero-order valence-corrected chi connectivity index (χ0v) is 12.0. The van der Waals surface area contributed by atoms with Crippen molar-refractivity contribution in [3.63, 3.8) is 0 Å². The van der Waals surface area contributed by atoms with E-state index in [1.807, 2.05) is 0 Å². The largest absolute Gasteiger partial charge is 0.399 e. The lowest BCUT2D eigenvalue weighted by atomic mass is 9.87. The molecule has 3 N–H and O–H groups in total. The Morgan fingerprint density at radius 2 is 2.05 bits per heavy atom. The predicted octanol–water partition coefficient (Wildman–Crippen LogP) is 2.88. The van der Waals surface area contributed by atoms with E-state index in [0.717, 1.165) is 6.42 Å². The van der Waals surface area contributed by atoms with E-state index in [1.54, 1.807) is 0 Å². The van der Waals surface area contributed by atoms with Gasteiger partial charge in [0.2, 0.25) is 0 Å². The highest BCUT2D eigenvalue weighted by molar-refractivity contribution is 5.99. The molecule has 21 heavy (non-hydrogen) atoms. The number of hydrogen-bond acceptors (Lipinski definition) is 4. The van der Waals surface area contributed by atoms with Crippen molar-refractivity contribution in [1.29, 1.82) is 0 Å². The Bertz CT molecular complexity index is 525. The lowest BCUT2D eigenvalue weighted by Gasteiger charge is -2.21. The number of nitrogens with one attached hydrogen (secondary N) is 1. The van der Waals surface area contributed by atoms with Gasteiger partial charge in [0.1, 0.15) is 5.56 Å². The molecule has 6 nitrogen and oxygen atoms in total. The first-order valence-electron chi connectivity index (χ1n) is 7.40. The Morgan fingerprint density at radius 1 is 1.33 bits per heavy atom. The number of nitrogens with two attached hydrogens (primary N) is 1. The van der Waals surface area contributed by atoms with Crippen molar-refractivity contribution in [1.82, 2.24) is 5.32 Å². The molecule has 1 aliphatic carbocycles. The molecular formula is C15H21N3O3. The molecule has 1 aromatic carbocycles. The lowest BCUT2D eigenvalue weighted by Crippen LogP contribution is -2.27. The summed E-state index contributed by atoms with van der Waals surface area (Å²) >= 11 is 0. The second kappa shape index (κ2) is 7.06. The third-order valence-electron chi connectivity index (χ3n) is 4.02. The summed E-state index contributed by atoms with van der Waals surface area (Å²) in [7, 11) is 0. The van der Waals surface area contributed by atoms with E-state index in [-0.39, 0.29) is 11.3 Å². The maximum atomic E-state index is 12.1. The Hall–Kier alpha value is -2.11. The Balaban J connectivity index is 1.93. The zero-order chi connectivity index (χ0) is 15.2. The van der Waals surface area contributed by atoms with Crippen LogP contribution in [0.5, 0.6) is 0 Å². The van der Waals surface area contributed by atoms with Crippen molar-refractivity contribution in [2.24, 2.45) is 5.92 Å². The number of nitro benzene ring substituents is 1. The molecule has 0 aliphatic heterocycles. The number of hydrogen-bond donors (Lipinski definition) is 2. The molecule has 1 aromatic rings. The van der Waals surface area contributed by atoms with Gasteiger partial charge < -0.3 is 11.1 Å². The van der Waals surface area contributed by atoms with Gasteiger partial charge in [-0.3, -0.25) is 14.9 Å². The predicted molar refractivity (Wildman–Crippen MR) is 81.0 cm³/mol. The van der Waals surface area contributed by atoms with E-state index in [0.29, 0.717) is 18.2 Å². The molecule has 6 heteroatoms. The Kier molecular flexibility index (Phi) is 5.14. The summed E-state index contributed by atoms with van der Waals surface area (Å²) in [6.45, 7) is 0.551. The Labute approximate surface area is 123 Å². The molecular weight excluding hydrogens is 270 g/mol. The molecule has 0 heterocycles. The van der Waals surface area contributed by atoms with Crippen LogP contribution in [0.25, 0.3) is 0 Å². The molecule has 0 unspecified atom stereocenters. The summed E-state index contributed by atoms with van der Waals surface area (Å²) in [6, 6.07) is 4.05. The molecule has 1 saturated carbocycles. The average Bonchev–Trinajstić information content (AvgIpc) is 2.47. The van der Waals surface area contributed by atoms with Gasteiger partial charge in [0.15, 0.2) is 0 Å². The normalized spacial score (nSPS) is 15.6. The highest BCUT2D eigenvalue weighted by atomic mass is 16.6. The summed E-state index contributed by atoms with van der Waals surface area (Å²) in [6.07, 6.45) is 7.20. The number of nitro groups is 1. The van der Waals surface area contributed by atoms with Gasteiger partial charge in [-0.2, -0.15) is 0 Å².